The van der Waals surface area contributed by atoms with Gasteiger partial charge in [0.25, 0.3) is 0 Å². The van der Waals surface area contributed by atoms with Crippen LogP contribution in [0.2, 0.25) is 0 Å². The summed E-state index contributed by atoms with van der Waals surface area (Å²) in [4.78, 5) is 0. The van der Waals surface area contributed by atoms with Crippen molar-refractivity contribution in [3.63, 3.8) is 0 Å². The second kappa shape index (κ2) is 5.34. The Hall–Kier alpha value is -1.64. The lowest BCUT2D eigenvalue weighted by Crippen LogP contribution is -1.91. The van der Waals surface area contributed by atoms with E-state index in [-0.39, 0.29) is 0 Å². The zero-order valence-corrected chi connectivity index (χ0v) is 10.7. The first-order valence-electron chi connectivity index (χ1n) is 6.14. The third kappa shape index (κ3) is 2.78. The van der Waals surface area contributed by atoms with Crippen LogP contribution in [0.15, 0.2) is 48.5 Å². The molecule has 0 aliphatic rings. The van der Waals surface area contributed by atoms with Crippen molar-refractivity contribution in [2.45, 2.75) is 26.1 Å². The molecule has 2 atom stereocenters. The molecule has 0 bridgehead atoms. The minimum Gasteiger partial charge on any atom is -0.389 e. The molecule has 0 radical (unpaired) electrons. The van der Waals surface area contributed by atoms with Crippen LogP contribution in [0.4, 0.5) is 0 Å². The fourth-order valence-corrected chi connectivity index (χ4v) is 1.91. The van der Waals surface area contributed by atoms with Gasteiger partial charge in [0.15, 0.2) is 0 Å². The first kappa shape index (κ1) is 12.8. The van der Waals surface area contributed by atoms with Gasteiger partial charge in [-0.2, -0.15) is 0 Å². The van der Waals surface area contributed by atoms with Gasteiger partial charge in [-0.1, -0.05) is 48.5 Å². The molecule has 0 unspecified atom stereocenters. The third-order valence-corrected chi connectivity index (χ3v) is 3.12. The van der Waals surface area contributed by atoms with Gasteiger partial charge < -0.3 is 10.2 Å². The maximum absolute atomic E-state index is 9.45. The van der Waals surface area contributed by atoms with Crippen LogP contribution >= 0.6 is 0 Å². The predicted octanol–water partition coefficient (Wildman–Crippen LogP) is 3.46. The minimum atomic E-state index is -0.434. The normalized spacial score (nSPS) is 14.2. The molecular formula is C16H18O2. The molecule has 2 heteroatoms. The number of aliphatic hydroxyl groups is 2. The topological polar surface area (TPSA) is 40.5 Å². The maximum Gasteiger partial charge on any atom is 0.0761 e. The van der Waals surface area contributed by atoms with Crippen LogP contribution in [-0.2, 0) is 0 Å². The molecule has 0 saturated carbocycles. The SMILES string of the molecule is C[C@H](O)c1ccc(-c2ccc([C@H](C)O)cc2)cc1. The predicted molar refractivity (Wildman–Crippen MR) is 73.1 cm³/mol. The van der Waals surface area contributed by atoms with E-state index in [9.17, 15) is 10.2 Å². The molecule has 0 aliphatic heterocycles. The van der Waals surface area contributed by atoms with Gasteiger partial charge in [-0.25, -0.2) is 0 Å². The van der Waals surface area contributed by atoms with Crippen molar-refractivity contribution in [2.75, 3.05) is 0 Å². The fraction of sp³-hybridized carbons (Fsp3) is 0.250. The summed E-state index contributed by atoms with van der Waals surface area (Å²) in [7, 11) is 0. The first-order chi connectivity index (χ1) is 8.58. The molecule has 94 valence electrons. The highest BCUT2D eigenvalue weighted by atomic mass is 16.3. The van der Waals surface area contributed by atoms with Crippen molar-refractivity contribution in [1.82, 2.24) is 0 Å². The van der Waals surface area contributed by atoms with E-state index in [0.29, 0.717) is 0 Å². The zero-order chi connectivity index (χ0) is 13.1. The third-order valence-electron chi connectivity index (χ3n) is 3.12. The second-order valence-electron chi connectivity index (χ2n) is 4.60. The van der Waals surface area contributed by atoms with E-state index < -0.39 is 12.2 Å². The summed E-state index contributed by atoms with van der Waals surface area (Å²) in [6.45, 7) is 3.51. The molecule has 2 aromatic rings. The Morgan fingerprint density at radius 2 is 0.889 bits per heavy atom. The molecule has 2 nitrogen and oxygen atoms in total. The summed E-state index contributed by atoms with van der Waals surface area (Å²) in [5.41, 5.74) is 4.05. The van der Waals surface area contributed by atoms with Crippen molar-refractivity contribution in [2.24, 2.45) is 0 Å². The molecule has 0 saturated heterocycles. The standard InChI is InChI=1S/C16H18O2/c1-11(17)13-3-7-15(8-4-13)16-9-5-14(6-10-16)12(2)18/h3-12,17-18H,1-2H3/t11-,12-/m0/s1. The fourth-order valence-electron chi connectivity index (χ4n) is 1.91. The minimum absolute atomic E-state index is 0.434. The quantitative estimate of drug-likeness (QED) is 0.865. The van der Waals surface area contributed by atoms with Gasteiger partial charge in [0.1, 0.15) is 0 Å². The van der Waals surface area contributed by atoms with E-state index in [1.54, 1.807) is 13.8 Å². The van der Waals surface area contributed by atoms with E-state index in [2.05, 4.69) is 0 Å². The molecule has 18 heavy (non-hydrogen) atoms. The Morgan fingerprint density at radius 3 is 1.11 bits per heavy atom. The Labute approximate surface area is 108 Å². The smallest absolute Gasteiger partial charge is 0.0761 e. The highest BCUT2D eigenvalue weighted by molar-refractivity contribution is 5.64. The summed E-state index contributed by atoms with van der Waals surface area (Å²) in [6, 6.07) is 15.7. The monoisotopic (exact) mass is 242 g/mol. The molecule has 2 aromatic carbocycles. The van der Waals surface area contributed by atoms with E-state index >= 15 is 0 Å². The van der Waals surface area contributed by atoms with Crippen LogP contribution in [0.25, 0.3) is 11.1 Å². The van der Waals surface area contributed by atoms with Crippen LogP contribution in [-0.4, -0.2) is 10.2 Å². The molecule has 2 rings (SSSR count). The number of hydrogen-bond donors (Lipinski definition) is 2. The largest absolute Gasteiger partial charge is 0.389 e. The Balaban J connectivity index is 2.25. The van der Waals surface area contributed by atoms with Gasteiger partial charge in [-0.3, -0.25) is 0 Å². The Kier molecular flexibility index (Phi) is 3.80. The number of aliphatic hydroxyl groups excluding tert-OH is 2. The van der Waals surface area contributed by atoms with Crippen LogP contribution in [0, 0.1) is 0 Å². The first-order valence-corrected chi connectivity index (χ1v) is 6.14. The lowest BCUT2D eigenvalue weighted by Gasteiger charge is -2.08. The van der Waals surface area contributed by atoms with E-state index in [1.807, 2.05) is 48.5 Å². The molecule has 0 fully saturated rings. The number of hydrogen-bond acceptors (Lipinski definition) is 2. The molecule has 0 spiro atoms. The Morgan fingerprint density at radius 1 is 0.611 bits per heavy atom. The molecule has 0 aromatic heterocycles. The summed E-state index contributed by atoms with van der Waals surface area (Å²) < 4.78 is 0. The summed E-state index contributed by atoms with van der Waals surface area (Å²) >= 11 is 0. The van der Waals surface area contributed by atoms with Crippen molar-refractivity contribution in [3.8, 4) is 11.1 Å². The van der Waals surface area contributed by atoms with Gasteiger partial charge in [-0.15, -0.1) is 0 Å². The van der Waals surface area contributed by atoms with Crippen molar-refractivity contribution < 1.29 is 10.2 Å². The highest BCUT2D eigenvalue weighted by Crippen LogP contribution is 2.23. The lowest BCUT2D eigenvalue weighted by atomic mass is 10.0. The van der Waals surface area contributed by atoms with Crippen molar-refractivity contribution >= 4 is 0 Å². The lowest BCUT2D eigenvalue weighted by molar-refractivity contribution is 0.199. The number of benzene rings is 2. The van der Waals surface area contributed by atoms with Crippen molar-refractivity contribution in [3.05, 3.63) is 59.7 Å². The molecule has 0 aliphatic carbocycles. The van der Waals surface area contributed by atoms with Crippen LogP contribution in [0.1, 0.15) is 37.2 Å². The van der Waals surface area contributed by atoms with E-state index in [4.69, 9.17) is 0 Å². The highest BCUT2D eigenvalue weighted by Gasteiger charge is 2.03. The average Bonchev–Trinajstić information content (AvgIpc) is 2.39. The van der Waals surface area contributed by atoms with Gasteiger partial charge in [-0.05, 0) is 36.1 Å². The Bertz CT molecular complexity index is 446. The summed E-state index contributed by atoms with van der Waals surface area (Å²) in [5, 5.41) is 18.9. The van der Waals surface area contributed by atoms with Gasteiger partial charge in [0.05, 0.1) is 12.2 Å². The summed E-state index contributed by atoms with van der Waals surface area (Å²) in [6.07, 6.45) is -0.867. The van der Waals surface area contributed by atoms with Crippen LogP contribution in [0.3, 0.4) is 0 Å². The van der Waals surface area contributed by atoms with Gasteiger partial charge in [0.2, 0.25) is 0 Å². The number of rotatable bonds is 3. The average molecular weight is 242 g/mol. The molecule has 0 amide bonds. The molecular weight excluding hydrogens is 224 g/mol. The summed E-state index contributed by atoms with van der Waals surface area (Å²) in [5.74, 6) is 0. The van der Waals surface area contributed by atoms with Gasteiger partial charge >= 0.3 is 0 Å². The van der Waals surface area contributed by atoms with E-state index in [1.165, 1.54) is 0 Å². The van der Waals surface area contributed by atoms with E-state index in [0.717, 1.165) is 22.3 Å². The zero-order valence-electron chi connectivity index (χ0n) is 10.7. The second-order valence-corrected chi connectivity index (χ2v) is 4.60. The molecule has 0 heterocycles. The van der Waals surface area contributed by atoms with Crippen molar-refractivity contribution in [1.29, 1.82) is 0 Å². The van der Waals surface area contributed by atoms with Crippen LogP contribution < -0.4 is 0 Å². The van der Waals surface area contributed by atoms with Crippen LogP contribution in [0.5, 0.6) is 0 Å². The maximum atomic E-state index is 9.45. The molecule has 2 N–H and O–H groups in total. The van der Waals surface area contributed by atoms with Gasteiger partial charge in [0, 0.05) is 0 Å².